The summed E-state index contributed by atoms with van der Waals surface area (Å²) in [6.45, 7) is 1.27. The third-order valence-corrected chi connectivity index (χ3v) is 6.21. The summed E-state index contributed by atoms with van der Waals surface area (Å²) in [5.41, 5.74) is 1.08. The summed E-state index contributed by atoms with van der Waals surface area (Å²) in [5.74, 6) is 1.26. The first kappa shape index (κ1) is 15.7. The number of fused-ring (bicyclic) bond motifs is 1. The van der Waals surface area contributed by atoms with Crippen LogP contribution in [0.25, 0.3) is 0 Å². The molecule has 0 amide bonds. The van der Waals surface area contributed by atoms with Gasteiger partial charge in [0.25, 0.3) is 0 Å². The van der Waals surface area contributed by atoms with Gasteiger partial charge in [-0.2, -0.15) is 9.29 Å². The highest BCUT2D eigenvalue weighted by molar-refractivity contribution is 7.93. The van der Waals surface area contributed by atoms with E-state index < -0.39 is 11.4 Å². The van der Waals surface area contributed by atoms with Crippen molar-refractivity contribution in [3.8, 4) is 6.01 Å². The first-order valence-electron chi connectivity index (χ1n) is 8.54. The Bertz CT molecular complexity index is 706. The molecule has 0 N–H and O–H groups in total. The zero-order valence-corrected chi connectivity index (χ0v) is 14.4. The lowest BCUT2D eigenvalue weighted by atomic mass is 9.90. The quantitative estimate of drug-likeness (QED) is 0.796. The number of rotatable bonds is 4. The lowest BCUT2D eigenvalue weighted by molar-refractivity contribution is 0.196. The molecule has 126 valence electrons. The molecule has 0 spiro atoms. The number of nitrogens with zero attached hydrogens (tertiary/aromatic N) is 3. The van der Waals surface area contributed by atoms with Crippen LogP contribution in [-0.2, 0) is 17.9 Å². The molecule has 1 aromatic carbocycles. The maximum Gasteiger partial charge on any atom is 0.318 e. The SMILES string of the molecule is [O-][S+]1c2ccccc2CN1c1ccnc(OCC2CCCCC2)n1. The molecule has 1 fully saturated rings. The molecular weight excluding hydrogens is 322 g/mol. The summed E-state index contributed by atoms with van der Waals surface area (Å²) in [5, 5.41) is 0. The van der Waals surface area contributed by atoms with Crippen LogP contribution in [0.15, 0.2) is 41.4 Å². The minimum atomic E-state index is -1.22. The summed E-state index contributed by atoms with van der Waals surface area (Å²) in [6, 6.07) is 9.97. The number of benzene rings is 1. The van der Waals surface area contributed by atoms with E-state index in [1.165, 1.54) is 32.1 Å². The molecule has 2 aromatic rings. The Morgan fingerprint density at radius 3 is 2.83 bits per heavy atom. The van der Waals surface area contributed by atoms with Gasteiger partial charge < -0.3 is 9.29 Å². The van der Waals surface area contributed by atoms with E-state index in [2.05, 4.69) is 9.97 Å². The molecule has 1 saturated carbocycles. The molecule has 4 rings (SSSR count). The predicted octanol–water partition coefficient (Wildman–Crippen LogP) is 3.48. The molecule has 6 heteroatoms. The molecule has 1 aromatic heterocycles. The standard InChI is InChI=1S/C18H21N3O2S/c22-24-16-9-5-4-8-15(16)12-21(24)17-10-11-19-18(20-17)23-13-14-6-2-1-3-7-14/h4-5,8-11,14H,1-3,6-7,12-13H2. The number of hydrogen-bond acceptors (Lipinski definition) is 5. The van der Waals surface area contributed by atoms with Crippen molar-refractivity contribution in [2.75, 3.05) is 10.9 Å². The van der Waals surface area contributed by atoms with E-state index in [1.807, 2.05) is 24.3 Å². The lowest BCUT2D eigenvalue weighted by Gasteiger charge is -2.21. The Kier molecular flexibility index (Phi) is 4.58. The van der Waals surface area contributed by atoms with Crippen LogP contribution in [0.4, 0.5) is 5.82 Å². The van der Waals surface area contributed by atoms with Crippen LogP contribution in [0.1, 0.15) is 37.7 Å². The third-order valence-electron chi connectivity index (χ3n) is 4.72. The Balaban J connectivity index is 1.45. The highest BCUT2D eigenvalue weighted by atomic mass is 32.2. The van der Waals surface area contributed by atoms with Gasteiger partial charge in [-0.1, -0.05) is 37.5 Å². The Morgan fingerprint density at radius 2 is 2.00 bits per heavy atom. The molecule has 1 aliphatic heterocycles. The maximum absolute atomic E-state index is 12.6. The smallest absolute Gasteiger partial charge is 0.318 e. The van der Waals surface area contributed by atoms with Crippen molar-refractivity contribution in [2.24, 2.45) is 5.92 Å². The van der Waals surface area contributed by atoms with E-state index in [-0.39, 0.29) is 0 Å². The minimum Gasteiger partial charge on any atom is -0.588 e. The number of aromatic nitrogens is 2. The van der Waals surface area contributed by atoms with E-state index >= 15 is 0 Å². The van der Waals surface area contributed by atoms with Crippen LogP contribution in [0.3, 0.4) is 0 Å². The highest BCUT2D eigenvalue weighted by Gasteiger charge is 2.35. The number of hydrogen-bond donors (Lipinski definition) is 0. The highest BCUT2D eigenvalue weighted by Crippen LogP contribution is 2.33. The normalized spacial score (nSPS) is 20.9. The van der Waals surface area contributed by atoms with Crippen LogP contribution in [-0.4, -0.2) is 21.1 Å². The Hall–Kier alpha value is -1.79. The third kappa shape index (κ3) is 3.21. The summed E-state index contributed by atoms with van der Waals surface area (Å²) >= 11 is -1.22. The van der Waals surface area contributed by atoms with Crippen molar-refractivity contribution in [3.63, 3.8) is 0 Å². The predicted molar refractivity (Wildman–Crippen MR) is 93.1 cm³/mol. The van der Waals surface area contributed by atoms with Gasteiger partial charge in [0.1, 0.15) is 11.4 Å². The van der Waals surface area contributed by atoms with Gasteiger partial charge in [0, 0.05) is 17.8 Å². The van der Waals surface area contributed by atoms with Gasteiger partial charge in [-0.15, -0.1) is 0 Å². The summed E-state index contributed by atoms with van der Waals surface area (Å²) in [7, 11) is 0. The van der Waals surface area contributed by atoms with Crippen LogP contribution in [0.2, 0.25) is 0 Å². The average Bonchev–Trinajstić information content (AvgIpc) is 2.98. The molecule has 5 nitrogen and oxygen atoms in total. The van der Waals surface area contributed by atoms with E-state index in [0.29, 0.717) is 30.9 Å². The second kappa shape index (κ2) is 6.99. The van der Waals surface area contributed by atoms with Crippen LogP contribution in [0, 0.1) is 5.92 Å². The fourth-order valence-corrected chi connectivity index (χ4v) is 4.71. The average molecular weight is 343 g/mol. The molecule has 1 aliphatic carbocycles. The van der Waals surface area contributed by atoms with Crippen molar-refractivity contribution in [3.05, 3.63) is 42.1 Å². The zero-order chi connectivity index (χ0) is 16.4. The second-order valence-electron chi connectivity index (χ2n) is 6.41. The first-order valence-corrected chi connectivity index (χ1v) is 9.65. The molecule has 2 heterocycles. The topological polar surface area (TPSA) is 61.3 Å². The molecule has 24 heavy (non-hydrogen) atoms. The fourth-order valence-electron chi connectivity index (χ4n) is 3.39. The molecule has 0 saturated heterocycles. The van der Waals surface area contributed by atoms with Crippen LogP contribution < -0.4 is 9.04 Å². The summed E-state index contributed by atoms with van der Waals surface area (Å²) in [4.78, 5) is 9.54. The van der Waals surface area contributed by atoms with Crippen molar-refractivity contribution in [1.82, 2.24) is 9.97 Å². The van der Waals surface area contributed by atoms with Crippen molar-refractivity contribution in [2.45, 2.75) is 43.5 Å². The lowest BCUT2D eigenvalue weighted by Crippen LogP contribution is -2.25. The largest absolute Gasteiger partial charge is 0.588 e. The Labute approximate surface area is 145 Å². The first-order chi connectivity index (χ1) is 11.8. The zero-order valence-electron chi connectivity index (χ0n) is 13.6. The minimum absolute atomic E-state index is 0.381. The van der Waals surface area contributed by atoms with E-state index in [0.717, 1.165) is 10.5 Å². The van der Waals surface area contributed by atoms with Crippen molar-refractivity contribution < 1.29 is 9.29 Å². The van der Waals surface area contributed by atoms with Crippen LogP contribution in [0.5, 0.6) is 6.01 Å². The van der Waals surface area contributed by atoms with Gasteiger partial charge in [0.2, 0.25) is 0 Å². The van der Waals surface area contributed by atoms with Gasteiger partial charge in [0.05, 0.1) is 13.2 Å². The second-order valence-corrected chi connectivity index (χ2v) is 7.78. The van der Waals surface area contributed by atoms with E-state index in [4.69, 9.17) is 4.74 Å². The van der Waals surface area contributed by atoms with Crippen molar-refractivity contribution in [1.29, 1.82) is 0 Å². The molecule has 1 atom stereocenters. The van der Waals surface area contributed by atoms with Gasteiger partial charge in [-0.05, 0) is 24.8 Å². The van der Waals surface area contributed by atoms with Gasteiger partial charge in [-0.25, -0.2) is 4.98 Å². The number of anilines is 1. The van der Waals surface area contributed by atoms with Crippen molar-refractivity contribution >= 4 is 17.2 Å². The van der Waals surface area contributed by atoms with Gasteiger partial charge >= 0.3 is 6.01 Å². The van der Waals surface area contributed by atoms with E-state index in [1.54, 1.807) is 16.6 Å². The molecule has 1 unspecified atom stereocenters. The molecule has 2 aliphatic rings. The van der Waals surface area contributed by atoms with Gasteiger partial charge in [-0.3, -0.25) is 0 Å². The monoisotopic (exact) mass is 343 g/mol. The Morgan fingerprint density at radius 1 is 1.17 bits per heavy atom. The molecule has 0 radical (unpaired) electrons. The molecular formula is C18H21N3O2S. The van der Waals surface area contributed by atoms with E-state index in [9.17, 15) is 4.55 Å². The number of ether oxygens (including phenoxy) is 1. The maximum atomic E-state index is 12.6. The van der Waals surface area contributed by atoms with Crippen LogP contribution >= 0.6 is 0 Å². The fraction of sp³-hybridized carbons (Fsp3) is 0.444. The summed E-state index contributed by atoms with van der Waals surface area (Å²) in [6.07, 6.45) is 8.05. The molecule has 0 bridgehead atoms. The van der Waals surface area contributed by atoms with Gasteiger partial charge in [0.15, 0.2) is 10.7 Å². The summed E-state index contributed by atoms with van der Waals surface area (Å²) < 4.78 is 20.3.